The van der Waals surface area contributed by atoms with Crippen LogP contribution in [0.5, 0.6) is 5.75 Å². The minimum Gasteiger partial charge on any atom is -0.497 e. The number of likely N-dealkylation sites (N-methyl/N-ethyl adjacent to an activating group) is 1. The number of carbonyl (C=O) groups excluding carboxylic acids is 1. The van der Waals surface area contributed by atoms with Gasteiger partial charge >= 0.3 is 0 Å². The summed E-state index contributed by atoms with van der Waals surface area (Å²) in [4.78, 5) is 14.9. The van der Waals surface area contributed by atoms with Gasteiger partial charge < -0.3 is 10.1 Å². The van der Waals surface area contributed by atoms with Crippen LogP contribution < -0.4 is 10.1 Å². The lowest BCUT2D eigenvalue weighted by Crippen LogP contribution is -2.38. The molecule has 2 aromatic carbocycles. The predicted octanol–water partition coefficient (Wildman–Crippen LogP) is 2.23. The van der Waals surface area contributed by atoms with Gasteiger partial charge in [0.15, 0.2) is 0 Å². The summed E-state index contributed by atoms with van der Waals surface area (Å²) in [6.45, 7) is 3.21. The molecule has 1 N–H and O–H groups in total. The van der Waals surface area contributed by atoms with Gasteiger partial charge in [0.1, 0.15) is 5.75 Å². The van der Waals surface area contributed by atoms with Gasteiger partial charge in [0.05, 0.1) is 18.6 Å². The molecule has 0 aliphatic carbocycles. The molecule has 0 spiro atoms. The lowest BCUT2D eigenvalue weighted by Gasteiger charge is -2.19. The van der Waals surface area contributed by atoms with Crippen LogP contribution in [-0.2, 0) is 27.9 Å². The van der Waals surface area contributed by atoms with E-state index in [9.17, 15) is 13.2 Å². The average Bonchev–Trinajstić information content (AvgIpc) is 3.26. The van der Waals surface area contributed by atoms with Crippen LogP contribution in [0.2, 0.25) is 0 Å². The molecule has 0 atom stereocenters. The number of hydrogen-bond donors (Lipinski definition) is 1. The van der Waals surface area contributed by atoms with E-state index < -0.39 is 10.0 Å². The van der Waals surface area contributed by atoms with E-state index in [1.807, 2.05) is 18.2 Å². The molecule has 30 heavy (non-hydrogen) atoms. The van der Waals surface area contributed by atoms with Crippen LogP contribution in [0.1, 0.15) is 24.0 Å². The number of ether oxygens (including phenoxy) is 1. The maximum Gasteiger partial charge on any atom is 0.243 e. The van der Waals surface area contributed by atoms with Crippen LogP contribution in [0.4, 0.5) is 0 Å². The highest BCUT2D eigenvalue weighted by Gasteiger charge is 2.23. The van der Waals surface area contributed by atoms with Crippen LogP contribution in [0.3, 0.4) is 0 Å². The first-order chi connectivity index (χ1) is 14.4. The molecule has 3 rings (SSSR count). The summed E-state index contributed by atoms with van der Waals surface area (Å²) in [6.07, 6.45) is 2.46. The lowest BCUT2D eigenvalue weighted by molar-refractivity contribution is -0.121. The molecule has 0 bridgehead atoms. The largest absolute Gasteiger partial charge is 0.497 e. The molecule has 7 nitrogen and oxygen atoms in total. The molecule has 0 saturated carbocycles. The van der Waals surface area contributed by atoms with Gasteiger partial charge in [-0.15, -0.1) is 0 Å². The highest BCUT2D eigenvalue weighted by Crippen LogP contribution is 2.19. The van der Waals surface area contributed by atoms with E-state index in [1.54, 1.807) is 12.1 Å². The van der Waals surface area contributed by atoms with Crippen LogP contribution in [-0.4, -0.2) is 57.3 Å². The van der Waals surface area contributed by atoms with Gasteiger partial charge in [-0.1, -0.05) is 24.3 Å². The zero-order valence-electron chi connectivity index (χ0n) is 17.5. The van der Waals surface area contributed by atoms with Crippen LogP contribution in [0, 0.1) is 0 Å². The van der Waals surface area contributed by atoms with E-state index in [0.29, 0.717) is 12.3 Å². The molecule has 1 saturated heterocycles. The first-order valence-corrected chi connectivity index (χ1v) is 11.5. The van der Waals surface area contributed by atoms with Crippen molar-refractivity contribution in [3.8, 4) is 5.75 Å². The van der Waals surface area contributed by atoms with E-state index in [2.05, 4.69) is 16.3 Å². The number of hydrogen-bond acceptors (Lipinski definition) is 5. The molecule has 8 heteroatoms. The Kier molecular flexibility index (Phi) is 7.47. The SMILES string of the molecule is COc1ccc(S(=O)(=O)N(C)CC(=O)NCc2ccccc2CN2CCCC2)cc1. The minimum atomic E-state index is -3.76. The van der Waals surface area contributed by atoms with E-state index in [0.717, 1.165) is 29.5 Å². The summed E-state index contributed by atoms with van der Waals surface area (Å²) in [5.74, 6) is 0.229. The maximum atomic E-state index is 12.7. The summed E-state index contributed by atoms with van der Waals surface area (Å²) < 4.78 is 31.5. The highest BCUT2D eigenvalue weighted by atomic mass is 32.2. The van der Waals surface area contributed by atoms with E-state index >= 15 is 0 Å². The molecule has 1 aliphatic rings. The molecule has 1 aliphatic heterocycles. The van der Waals surface area contributed by atoms with Crippen molar-refractivity contribution < 1.29 is 17.9 Å². The van der Waals surface area contributed by atoms with Crippen molar-refractivity contribution in [3.05, 3.63) is 59.7 Å². The molecular formula is C22H29N3O4S. The Hall–Kier alpha value is -2.42. The van der Waals surface area contributed by atoms with Gasteiger partial charge in [-0.25, -0.2) is 8.42 Å². The molecule has 0 unspecified atom stereocenters. The number of nitrogens with zero attached hydrogens (tertiary/aromatic N) is 2. The number of nitrogens with one attached hydrogen (secondary N) is 1. The molecule has 1 amide bonds. The number of benzene rings is 2. The highest BCUT2D eigenvalue weighted by molar-refractivity contribution is 7.89. The van der Waals surface area contributed by atoms with Crippen LogP contribution >= 0.6 is 0 Å². The number of sulfonamides is 1. The summed E-state index contributed by atoms with van der Waals surface area (Å²) in [6, 6.07) is 14.1. The molecule has 162 valence electrons. The van der Waals surface area contributed by atoms with Gasteiger partial charge in [0, 0.05) is 20.1 Å². The second-order valence-electron chi connectivity index (χ2n) is 7.47. The Morgan fingerprint density at radius 2 is 1.70 bits per heavy atom. The number of amides is 1. The predicted molar refractivity (Wildman–Crippen MR) is 116 cm³/mol. The lowest BCUT2D eigenvalue weighted by atomic mass is 10.1. The smallest absolute Gasteiger partial charge is 0.243 e. The van der Waals surface area contributed by atoms with Gasteiger partial charge in [0.2, 0.25) is 15.9 Å². The van der Waals surface area contributed by atoms with Gasteiger partial charge in [-0.3, -0.25) is 9.69 Å². The van der Waals surface area contributed by atoms with Crippen molar-refractivity contribution in [2.45, 2.75) is 30.8 Å². The van der Waals surface area contributed by atoms with Crippen molar-refractivity contribution in [1.82, 2.24) is 14.5 Å². The zero-order chi connectivity index (χ0) is 21.6. The molecule has 1 heterocycles. The third-order valence-electron chi connectivity index (χ3n) is 5.32. The molecule has 0 radical (unpaired) electrons. The summed E-state index contributed by atoms with van der Waals surface area (Å²) in [5, 5.41) is 2.85. The van der Waals surface area contributed by atoms with Crippen molar-refractivity contribution in [2.24, 2.45) is 0 Å². The number of methoxy groups -OCH3 is 1. The van der Waals surface area contributed by atoms with Gasteiger partial charge in [-0.2, -0.15) is 4.31 Å². The standard InChI is InChI=1S/C22H29N3O4S/c1-24(30(27,28)21-11-9-20(29-2)10-12-21)17-22(26)23-15-18-7-3-4-8-19(18)16-25-13-5-6-14-25/h3-4,7-12H,5-6,13-17H2,1-2H3,(H,23,26). The van der Waals surface area contributed by atoms with Crippen molar-refractivity contribution in [3.63, 3.8) is 0 Å². The Morgan fingerprint density at radius 1 is 1.07 bits per heavy atom. The van der Waals surface area contributed by atoms with Crippen LogP contribution in [0.25, 0.3) is 0 Å². The topological polar surface area (TPSA) is 79.0 Å². The monoisotopic (exact) mass is 431 g/mol. The minimum absolute atomic E-state index is 0.120. The second-order valence-corrected chi connectivity index (χ2v) is 9.51. The molecule has 2 aromatic rings. The summed E-state index contributed by atoms with van der Waals surface area (Å²) in [5.41, 5.74) is 2.25. The third kappa shape index (κ3) is 5.59. The fourth-order valence-electron chi connectivity index (χ4n) is 3.53. The Bertz CT molecular complexity index is 955. The van der Waals surface area contributed by atoms with Crippen LogP contribution in [0.15, 0.2) is 53.4 Å². The first-order valence-electron chi connectivity index (χ1n) is 10.1. The van der Waals surface area contributed by atoms with Crippen molar-refractivity contribution in [2.75, 3.05) is 33.8 Å². The van der Waals surface area contributed by atoms with E-state index in [4.69, 9.17) is 4.74 Å². The fraction of sp³-hybridized carbons (Fsp3) is 0.409. The zero-order valence-corrected chi connectivity index (χ0v) is 18.3. The summed E-state index contributed by atoms with van der Waals surface area (Å²) >= 11 is 0. The number of likely N-dealkylation sites (tertiary alicyclic amines) is 1. The van der Waals surface area contributed by atoms with Gasteiger partial charge in [-0.05, 0) is 61.3 Å². The summed E-state index contributed by atoms with van der Waals surface area (Å²) in [7, 11) is -0.835. The van der Waals surface area contributed by atoms with Gasteiger partial charge in [0.25, 0.3) is 0 Å². The number of carbonyl (C=O) groups is 1. The Labute approximate surface area is 178 Å². The third-order valence-corrected chi connectivity index (χ3v) is 7.14. The van der Waals surface area contributed by atoms with Crippen molar-refractivity contribution >= 4 is 15.9 Å². The average molecular weight is 432 g/mol. The first kappa shape index (κ1) is 22.3. The molecule has 0 aromatic heterocycles. The quantitative estimate of drug-likeness (QED) is 0.659. The van der Waals surface area contributed by atoms with E-state index in [-0.39, 0.29) is 17.3 Å². The number of rotatable bonds is 9. The second kappa shape index (κ2) is 10.1. The normalized spacial score (nSPS) is 14.8. The Balaban J connectivity index is 1.57. The maximum absolute atomic E-state index is 12.7. The molecular weight excluding hydrogens is 402 g/mol. The van der Waals surface area contributed by atoms with E-state index in [1.165, 1.54) is 44.7 Å². The molecule has 1 fully saturated rings. The fourth-order valence-corrected chi connectivity index (χ4v) is 4.66. The Morgan fingerprint density at radius 3 is 2.33 bits per heavy atom. The van der Waals surface area contributed by atoms with Crippen molar-refractivity contribution in [1.29, 1.82) is 0 Å².